The maximum atomic E-state index is 12.1. The lowest BCUT2D eigenvalue weighted by Gasteiger charge is -2.16. The number of carbonyl (C=O) groups excluding carboxylic acids is 1. The van der Waals surface area contributed by atoms with Crippen molar-refractivity contribution in [1.82, 2.24) is 9.78 Å². The molecule has 21 heavy (non-hydrogen) atoms. The molecule has 0 bridgehead atoms. The average molecular weight is 360 g/mol. The number of aromatic nitrogens is 2. The lowest BCUT2D eigenvalue weighted by Crippen LogP contribution is -2.29. The number of hydrogen-bond donors (Lipinski definition) is 2. The van der Waals surface area contributed by atoms with Gasteiger partial charge < -0.3 is 15.2 Å². The van der Waals surface area contributed by atoms with Crippen LogP contribution in [0, 0.1) is 5.41 Å². The Labute approximate surface area is 130 Å². The van der Waals surface area contributed by atoms with Gasteiger partial charge in [-0.1, -0.05) is 0 Å². The third-order valence-corrected chi connectivity index (χ3v) is 4.51. The average Bonchev–Trinajstić information content (AvgIpc) is 3.23. The number of carbonyl (C=O) groups is 1. The first kappa shape index (κ1) is 16.0. The molecule has 0 unspecified atom stereocenters. The molecule has 1 aromatic rings. The highest BCUT2D eigenvalue weighted by Crippen LogP contribution is 2.48. The van der Waals surface area contributed by atoms with Crippen LogP contribution in [0.15, 0.2) is 15.5 Å². The first-order valence-corrected chi connectivity index (χ1v) is 7.48. The number of rotatable bonds is 7. The van der Waals surface area contributed by atoms with Gasteiger partial charge in [0.05, 0.1) is 19.0 Å². The highest BCUT2D eigenvalue weighted by molar-refractivity contribution is 9.10. The second-order valence-corrected chi connectivity index (χ2v) is 6.03. The van der Waals surface area contributed by atoms with E-state index in [0.29, 0.717) is 16.7 Å². The van der Waals surface area contributed by atoms with Crippen molar-refractivity contribution in [1.29, 1.82) is 0 Å². The van der Waals surface area contributed by atoms with Crippen LogP contribution in [0.2, 0.25) is 0 Å². The van der Waals surface area contributed by atoms with Gasteiger partial charge in [-0.25, -0.2) is 4.68 Å². The quantitative estimate of drug-likeness (QED) is 0.698. The Hall–Kier alpha value is -1.41. The predicted octanol–water partition coefficient (Wildman–Crippen LogP) is 0.753. The van der Waals surface area contributed by atoms with Gasteiger partial charge in [0.15, 0.2) is 0 Å². The lowest BCUT2D eigenvalue weighted by molar-refractivity contribution is -0.141. The Morgan fingerprint density at radius 1 is 1.62 bits per heavy atom. The standard InChI is InChI=1S/C13H18BrN3O4/c1-21-10(19)7-17-12(20)11(14)9(6-16-17)15-8-13(2-3-13)4-5-18/h6,15,18H,2-5,7-8H2,1H3. The Bertz CT molecular complexity index is 583. The number of nitrogens with one attached hydrogen (secondary N) is 1. The van der Waals surface area contributed by atoms with Crippen LogP contribution in [-0.4, -0.2) is 41.1 Å². The van der Waals surface area contributed by atoms with Gasteiger partial charge in [0.2, 0.25) is 0 Å². The summed E-state index contributed by atoms with van der Waals surface area (Å²) in [6.07, 6.45) is 4.41. The topological polar surface area (TPSA) is 93.5 Å². The number of nitrogens with zero attached hydrogens (tertiary/aromatic N) is 2. The number of aliphatic hydroxyl groups is 1. The zero-order valence-corrected chi connectivity index (χ0v) is 13.4. The molecule has 1 aliphatic carbocycles. The largest absolute Gasteiger partial charge is 0.468 e. The molecule has 1 aromatic heterocycles. The fraction of sp³-hybridized carbons (Fsp3) is 0.615. The van der Waals surface area contributed by atoms with Crippen molar-refractivity contribution in [2.45, 2.75) is 25.8 Å². The van der Waals surface area contributed by atoms with E-state index in [-0.39, 0.29) is 18.6 Å². The van der Waals surface area contributed by atoms with E-state index >= 15 is 0 Å². The van der Waals surface area contributed by atoms with Crippen LogP contribution >= 0.6 is 15.9 Å². The summed E-state index contributed by atoms with van der Waals surface area (Å²) in [4.78, 5) is 23.3. The molecule has 0 aromatic carbocycles. The number of anilines is 1. The minimum Gasteiger partial charge on any atom is -0.468 e. The Morgan fingerprint density at radius 3 is 2.90 bits per heavy atom. The van der Waals surface area contributed by atoms with Crippen LogP contribution in [0.5, 0.6) is 0 Å². The highest BCUT2D eigenvalue weighted by atomic mass is 79.9. The SMILES string of the molecule is COC(=O)Cn1ncc(NCC2(CCO)CC2)c(Br)c1=O. The van der Waals surface area contributed by atoms with Gasteiger partial charge in [0.25, 0.3) is 5.56 Å². The second kappa shape index (κ2) is 6.57. The van der Waals surface area contributed by atoms with E-state index in [1.807, 2.05) is 0 Å². The predicted molar refractivity (Wildman–Crippen MR) is 80.1 cm³/mol. The number of hydrogen-bond acceptors (Lipinski definition) is 6. The van der Waals surface area contributed by atoms with E-state index in [1.54, 1.807) is 0 Å². The van der Waals surface area contributed by atoms with Crippen LogP contribution in [0.25, 0.3) is 0 Å². The van der Waals surface area contributed by atoms with Crippen molar-refractivity contribution in [3.63, 3.8) is 0 Å². The molecule has 2 N–H and O–H groups in total. The normalized spacial score (nSPS) is 15.6. The first-order chi connectivity index (χ1) is 10.0. The number of ether oxygens (including phenoxy) is 1. The van der Waals surface area contributed by atoms with Gasteiger partial charge >= 0.3 is 5.97 Å². The first-order valence-electron chi connectivity index (χ1n) is 6.68. The smallest absolute Gasteiger partial charge is 0.327 e. The van der Waals surface area contributed by atoms with E-state index < -0.39 is 11.5 Å². The molecule has 1 heterocycles. The van der Waals surface area contributed by atoms with Crippen LogP contribution < -0.4 is 10.9 Å². The number of halogens is 1. The molecule has 0 saturated heterocycles. The summed E-state index contributed by atoms with van der Waals surface area (Å²) in [5, 5.41) is 16.2. The van der Waals surface area contributed by atoms with Gasteiger partial charge in [-0.15, -0.1) is 0 Å². The molecular weight excluding hydrogens is 342 g/mol. The third kappa shape index (κ3) is 3.82. The molecule has 116 valence electrons. The van der Waals surface area contributed by atoms with Crippen LogP contribution in [0.4, 0.5) is 5.69 Å². The minimum absolute atomic E-state index is 0.134. The second-order valence-electron chi connectivity index (χ2n) is 5.24. The Morgan fingerprint density at radius 2 is 2.33 bits per heavy atom. The Kier molecular flexibility index (Phi) is 5.00. The summed E-state index contributed by atoms with van der Waals surface area (Å²) >= 11 is 3.23. The monoisotopic (exact) mass is 359 g/mol. The number of aliphatic hydroxyl groups excluding tert-OH is 1. The summed E-state index contributed by atoms with van der Waals surface area (Å²) < 4.78 is 5.89. The molecule has 8 heteroatoms. The third-order valence-electron chi connectivity index (χ3n) is 3.74. The summed E-state index contributed by atoms with van der Waals surface area (Å²) in [5.41, 5.74) is 0.331. The summed E-state index contributed by atoms with van der Waals surface area (Å²) in [6.45, 7) is 0.638. The van der Waals surface area contributed by atoms with Crippen molar-refractivity contribution in [3.05, 3.63) is 21.0 Å². The fourth-order valence-corrected chi connectivity index (χ4v) is 2.55. The zero-order valence-electron chi connectivity index (χ0n) is 11.8. The van der Waals surface area contributed by atoms with Crippen LogP contribution in [0.1, 0.15) is 19.3 Å². The molecule has 2 rings (SSSR count). The zero-order chi connectivity index (χ0) is 15.5. The van der Waals surface area contributed by atoms with Crippen molar-refractivity contribution in [2.75, 3.05) is 25.6 Å². The maximum absolute atomic E-state index is 12.1. The summed E-state index contributed by atoms with van der Waals surface area (Å²) in [7, 11) is 1.26. The molecule has 0 aliphatic heterocycles. The fourth-order valence-electron chi connectivity index (χ4n) is 2.10. The molecule has 0 spiro atoms. The molecule has 7 nitrogen and oxygen atoms in total. The Balaban J connectivity index is 2.06. The van der Waals surface area contributed by atoms with Gasteiger partial charge in [-0.2, -0.15) is 5.10 Å². The molecule has 1 saturated carbocycles. The lowest BCUT2D eigenvalue weighted by atomic mass is 10.0. The molecule has 1 fully saturated rings. The van der Waals surface area contributed by atoms with Gasteiger partial charge in [-0.3, -0.25) is 9.59 Å². The van der Waals surface area contributed by atoms with E-state index in [4.69, 9.17) is 5.11 Å². The van der Waals surface area contributed by atoms with Crippen LogP contribution in [0.3, 0.4) is 0 Å². The summed E-state index contributed by atoms with van der Waals surface area (Å²) in [5.74, 6) is -0.530. The number of esters is 1. The molecule has 0 atom stereocenters. The van der Waals surface area contributed by atoms with Gasteiger partial charge in [0, 0.05) is 13.2 Å². The van der Waals surface area contributed by atoms with E-state index in [2.05, 4.69) is 31.1 Å². The van der Waals surface area contributed by atoms with Crippen molar-refractivity contribution >= 4 is 27.6 Å². The highest BCUT2D eigenvalue weighted by Gasteiger charge is 2.41. The molecule has 1 aliphatic rings. The molecular formula is C13H18BrN3O4. The van der Waals surface area contributed by atoms with Crippen molar-refractivity contribution in [2.24, 2.45) is 5.41 Å². The molecule has 0 radical (unpaired) electrons. The number of methoxy groups -OCH3 is 1. The van der Waals surface area contributed by atoms with E-state index in [1.165, 1.54) is 13.3 Å². The minimum atomic E-state index is -0.530. The van der Waals surface area contributed by atoms with Crippen molar-refractivity contribution in [3.8, 4) is 0 Å². The van der Waals surface area contributed by atoms with E-state index in [0.717, 1.165) is 23.9 Å². The molecule has 0 amide bonds. The maximum Gasteiger partial charge on any atom is 0.327 e. The van der Waals surface area contributed by atoms with Crippen LogP contribution in [-0.2, 0) is 16.1 Å². The van der Waals surface area contributed by atoms with E-state index in [9.17, 15) is 9.59 Å². The van der Waals surface area contributed by atoms with Crippen molar-refractivity contribution < 1.29 is 14.6 Å². The van der Waals surface area contributed by atoms with Gasteiger partial charge in [-0.05, 0) is 40.6 Å². The van der Waals surface area contributed by atoms with Gasteiger partial charge in [0.1, 0.15) is 11.0 Å². The summed E-state index contributed by atoms with van der Waals surface area (Å²) in [6, 6.07) is 0.